The van der Waals surface area contributed by atoms with Crippen LogP contribution in [0.3, 0.4) is 0 Å². The van der Waals surface area contributed by atoms with Gasteiger partial charge in [0, 0.05) is 25.1 Å². The van der Waals surface area contributed by atoms with E-state index in [1.165, 1.54) is 6.20 Å². The molecule has 0 aliphatic heterocycles. The molecule has 2 aromatic heterocycles. The van der Waals surface area contributed by atoms with E-state index in [4.69, 9.17) is 23.2 Å². The number of nitrogens with one attached hydrogen (secondary N) is 1. The number of hydrogen-bond donors (Lipinski definition) is 1. The minimum atomic E-state index is -0.268. The molecule has 5 nitrogen and oxygen atoms in total. The van der Waals surface area contributed by atoms with E-state index in [-0.39, 0.29) is 5.91 Å². The number of carbonyl (C=O) groups excluding carboxylic acids is 1. The molecule has 0 fully saturated rings. The summed E-state index contributed by atoms with van der Waals surface area (Å²) in [6.45, 7) is 0. The van der Waals surface area contributed by atoms with Crippen LogP contribution < -0.4 is 5.32 Å². The normalized spacial score (nSPS) is 10.7. The van der Waals surface area contributed by atoms with Crippen LogP contribution in [0.1, 0.15) is 10.4 Å². The lowest BCUT2D eigenvalue weighted by molar-refractivity contribution is 0.102. The second kappa shape index (κ2) is 5.87. The van der Waals surface area contributed by atoms with Crippen molar-refractivity contribution in [1.29, 1.82) is 0 Å². The molecule has 112 valence electrons. The predicted octanol–water partition coefficient (Wildman–Crippen LogP) is 3.77. The summed E-state index contributed by atoms with van der Waals surface area (Å²) in [4.78, 5) is 12.5. The molecule has 0 saturated heterocycles. The van der Waals surface area contributed by atoms with Crippen molar-refractivity contribution >= 4 is 34.8 Å². The molecule has 0 saturated carbocycles. The van der Waals surface area contributed by atoms with Crippen molar-refractivity contribution in [3.8, 4) is 5.82 Å². The lowest BCUT2D eigenvalue weighted by Crippen LogP contribution is -2.14. The Morgan fingerprint density at radius 2 is 1.91 bits per heavy atom. The highest BCUT2D eigenvalue weighted by Crippen LogP contribution is 2.25. The second-order valence-electron chi connectivity index (χ2n) is 4.68. The van der Waals surface area contributed by atoms with Crippen molar-refractivity contribution in [2.24, 2.45) is 7.05 Å². The van der Waals surface area contributed by atoms with Crippen molar-refractivity contribution in [3.05, 3.63) is 64.5 Å². The van der Waals surface area contributed by atoms with Crippen LogP contribution in [0.4, 0.5) is 5.69 Å². The molecular weight excluding hydrogens is 323 g/mol. The van der Waals surface area contributed by atoms with Gasteiger partial charge in [0.05, 0.1) is 16.2 Å². The van der Waals surface area contributed by atoms with Crippen LogP contribution in [-0.4, -0.2) is 20.3 Å². The van der Waals surface area contributed by atoms with Crippen LogP contribution in [0.5, 0.6) is 0 Å². The summed E-state index contributed by atoms with van der Waals surface area (Å²) in [6.07, 6.45) is 5.24. The first-order valence-electron chi connectivity index (χ1n) is 6.48. The van der Waals surface area contributed by atoms with Crippen LogP contribution in [0.2, 0.25) is 10.0 Å². The zero-order valence-electron chi connectivity index (χ0n) is 11.6. The zero-order valence-corrected chi connectivity index (χ0v) is 13.1. The van der Waals surface area contributed by atoms with Crippen molar-refractivity contribution in [1.82, 2.24) is 14.3 Å². The third kappa shape index (κ3) is 2.73. The van der Waals surface area contributed by atoms with Gasteiger partial charge in [-0.3, -0.25) is 9.48 Å². The van der Waals surface area contributed by atoms with E-state index >= 15 is 0 Å². The third-order valence-electron chi connectivity index (χ3n) is 3.18. The molecule has 2 heterocycles. The monoisotopic (exact) mass is 334 g/mol. The molecular formula is C15H12Cl2N4O. The van der Waals surface area contributed by atoms with E-state index < -0.39 is 0 Å². The van der Waals surface area contributed by atoms with Gasteiger partial charge in [-0.1, -0.05) is 23.2 Å². The van der Waals surface area contributed by atoms with E-state index in [1.807, 2.05) is 29.1 Å². The average Bonchev–Trinajstić information content (AvgIpc) is 3.11. The van der Waals surface area contributed by atoms with Crippen molar-refractivity contribution in [3.63, 3.8) is 0 Å². The number of carbonyl (C=O) groups is 1. The third-order valence-corrected chi connectivity index (χ3v) is 3.92. The number of aromatic nitrogens is 3. The van der Waals surface area contributed by atoms with Gasteiger partial charge in [0.25, 0.3) is 5.91 Å². The average molecular weight is 335 g/mol. The van der Waals surface area contributed by atoms with Gasteiger partial charge < -0.3 is 9.88 Å². The molecule has 7 heteroatoms. The molecule has 0 bridgehead atoms. The number of nitrogens with zero attached hydrogens (tertiary/aromatic N) is 3. The summed E-state index contributed by atoms with van der Waals surface area (Å²) in [5.41, 5.74) is 1.03. The molecule has 3 aromatic rings. The Kier molecular flexibility index (Phi) is 3.92. The van der Waals surface area contributed by atoms with Crippen LogP contribution >= 0.6 is 23.2 Å². The summed E-state index contributed by atoms with van der Waals surface area (Å²) in [5, 5.41) is 7.77. The lowest BCUT2D eigenvalue weighted by atomic mass is 10.2. The molecule has 0 atom stereocenters. The SMILES string of the molecule is Cn1ncc(C(=O)Nc2ccc(Cl)c(Cl)c2)c1-n1cccc1. The summed E-state index contributed by atoms with van der Waals surface area (Å²) in [7, 11) is 1.78. The Balaban J connectivity index is 1.91. The maximum absolute atomic E-state index is 12.5. The van der Waals surface area contributed by atoms with Gasteiger partial charge in [-0.25, -0.2) is 0 Å². The number of halogens is 2. The van der Waals surface area contributed by atoms with Crippen molar-refractivity contribution in [2.75, 3.05) is 5.32 Å². The fourth-order valence-corrected chi connectivity index (χ4v) is 2.44. The molecule has 1 aromatic carbocycles. The quantitative estimate of drug-likeness (QED) is 0.792. The topological polar surface area (TPSA) is 51.9 Å². The van der Waals surface area contributed by atoms with Crippen molar-refractivity contribution in [2.45, 2.75) is 0 Å². The number of benzene rings is 1. The Labute approximate surface area is 137 Å². The van der Waals surface area contributed by atoms with E-state index in [2.05, 4.69) is 10.4 Å². The molecule has 22 heavy (non-hydrogen) atoms. The first-order chi connectivity index (χ1) is 10.6. The smallest absolute Gasteiger partial charge is 0.261 e. The number of amides is 1. The summed E-state index contributed by atoms with van der Waals surface area (Å²) in [6, 6.07) is 8.70. The second-order valence-corrected chi connectivity index (χ2v) is 5.49. The Bertz CT molecular complexity index is 824. The molecule has 0 radical (unpaired) electrons. The summed E-state index contributed by atoms with van der Waals surface area (Å²) < 4.78 is 3.47. The molecule has 0 aliphatic carbocycles. The van der Waals surface area contributed by atoms with Gasteiger partial charge >= 0.3 is 0 Å². The minimum absolute atomic E-state index is 0.268. The molecule has 1 N–H and O–H groups in total. The van der Waals surface area contributed by atoms with Gasteiger partial charge in [0.2, 0.25) is 0 Å². The molecule has 0 unspecified atom stereocenters. The fraction of sp³-hybridized carbons (Fsp3) is 0.0667. The first kappa shape index (κ1) is 14.7. The zero-order chi connectivity index (χ0) is 15.7. The standard InChI is InChI=1S/C15H12Cl2N4O/c1-20-15(21-6-2-3-7-21)11(9-18-20)14(22)19-10-4-5-12(16)13(17)8-10/h2-9H,1H3,(H,19,22). The number of aryl methyl sites for hydroxylation is 1. The maximum atomic E-state index is 12.5. The van der Waals surface area contributed by atoms with Gasteiger partial charge in [-0.2, -0.15) is 5.10 Å². The number of hydrogen-bond acceptors (Lipinski definition) is 2. The van der Waals surface area contributed by atoms with Crippen LogP contribution in [0.25, 0.3) is 5.82 Å². The van der Waals surface area contributed by atoms with Crippen LogP contribution in [0.15, 0.2) is 48.9 Å². The van der Waals surface area contributed by atoms with E-state index in [9.17, 15) is 4.79 Å². The number of rotatable bonds is 3. The lowest BCUT2D eigenvalue weighted by Gasteiger charge is -2.09. The molecule has 3 rings (SSSR count). The highest BCUT2D eigenvalue weighted by atomic mass is 35.5. The molecule has 0 spiro atoms. The fourth-order valence-electron chi connectivity index (χ4n) is 2.15. The highest BCUT2D eigenvalue weighted by molar-refractivity contribution is 6.42. The maximum Gasteiger partial charge on any atom is 0.261 e. The van der Waals surface area contributed by atoms with E-state index in [0.29, 0.717) is 27.1 Å². The van der Waals surface area contributed by atoms with Crippen LogP contribution in [-0.2, 0) is 7.05 Å². The van der Waals surface area contributed by atoms with E-state index in [1.54, 1.807) is 29.9 Å². The summed E-state index contributed by atoms with van der Waals surface area (Å²) >= 11 is 11.8. The van der Waals surface area contributed by atoms with Crippen molar-refractivity contribution < 1.29 is 4.79 Å². The Morgan fingerprint density at radius 1 is 1.18 bits per heavy atom. The molecule has 1 amide bonds. The highest BCUT2D eigenvalue weighted by Gasteiger charge is 2.17. The summed E-state index contributed by atoms with van der Waals surface area (Å²) in [5.74, 6) is 0.415. The largest absolute Gasteiger partial charge is 0.322 e. The van der Waals surface area contributed by atoms with Gasteiger partial charge in [0.1, 0.15) is 11.4 Å². The Morgan fingerprint density at radius 3 is 2.59 bits per heavy atom. The molecule has 0 aliphatic rings. The number of anilines is 1. The van der Waals surface area contributed by atoms with Gasteiger partial charge in [-0.05, 0) is 30.3 Å². The first-order valence-corrected chi connectivity index (χ1v) is 7.23. The van der Waals surface area contributed by atoms with E-state index in [0.717, 1.165) is 0 Å². The predicted molar refractivity (Wildman–Crippen MR) is 87.0 cm³/mol. The van der Waals surface area contributed by atoms with Crippen LogP contribution in [0, 0.1) is 0 Å². The van der Waals surface area contributed by atoms with Gasteiger partial charge in [-0.15, -0.1) is 0 Å². The van der Waals surface area contributed by atoms with Gasteiger partial charge in [0.15, 0.2) is 0 Å². The minimum Gasteiger partial charge on any atom is -0.322 e. The Hall–Kier alpha value is -2.24.